The van der Waals surface area contributed by atoms with Crippen molar-refractivity contribution in [2.75, 3.05) is 6.61 Å². The monoisotopic (exact) mass is 140 g/mol. The number of aliphatic hydroxyl groups is 1. The van der Waals surface area contributed by atoms with Crippen LogP contribution in [0.2, 0.25) is 6.32 Å². The van der Waals surface area contributed by atoms with Crippen molar-refractivity contribution in [2.24, 2.45) is 0 Å². The number of allylic oxidation sites excluding steroid dienone is 1. The van der Waals surface area contributed by atoms with Crippen LogP contribution in [0.5, 0.6) is 0 Å². The summed E-state index contributed by atoms with van der Waals surface area (Å²) in [5, 5.41) is 8.64. The molecule has 0 aromatic heterocycles. The molecular formula is C7H13BO2. The summed E-state index contributed by atoms with van der Waals surface area (Å²) in [4.78, 5) is 0. The Bertz CT molecular complexity index is 91.6. The molecule has 10 heavy (non-hydrogen) atoms. The fourth-order valence-electron chi connectivity index (χ4n) is 0.521. The van der Waals surface area contributed by atoms with Gasteiger partial charge >= 0.3 is 0 Å². The molecule has 0 bridgehead atoms. The Morgan fingerprint density at radius 1 is 1.60 bits per heavy atom. The minimum Gasteiger partial charge on any atom is -0.368 e. The summed E-state index contributed by atoms with van der Waals surface area (Å²) in [6, 6.07) is 0. The van der Waals surface area contributed by atoms with Gasteiger partial charge in [-0.25, -0.2) is 0 Å². The number of hydrogen-bond acceptors (Lipinski definition) is 2. The third-order valence-corrected chi connectivity index (χ3v) is 0.946. The zero-order valence-electron chi connectivity index (χ0n) is 6.29. The van der Waals surface area contributed by atoms with Crippen LogP contribution < -0.4 is 0 Å². The fraction of sp³-hybridized carbons (Fsp3) is 0.714. The van der Waals surface area contributed by atoms with E-state index in [1.807, 2.05) is 12.2 Å². The lowest BCUT2D eigenvalue weighted by Gasteiger charge is -2.02. The topological polar surface area (TPSA) is 29.5 Å². The van der Waals surface area contributed by atoms with Gasteiger partial charge in [0.25, 0.3) is 0 Å². The van der Waals surface area contributed by atoms with E-state index in [0.717, 1.165) is 6.42 Å². The minimum absolute atomic E-state index is 0.550. The summed E-state index contributed by atoms with van der Waals surface area (Å²) in [6.07, 6.45) is 4.51. The molecule has 0 saturated carbocycles. The standard InChI is InChI=1S/C7H13BO2/c1-7(9)10-6-4-2-3-5-8/h2-3,7,9H,4-6H2,1H3/b3-2-. The summed E-state index contributed by atoms with van der Waals surface area (Å²) in [7, 11) is 5.19. The van der Waals surface area contributed by atoms with Crippen molar-refractivity contribution in [1.29, 1.82) is 0 Å². The highest BCUT2D eigenvalue weighted by atomic mass is 16.6. The van der Waals surface area contributed by atoms with Gasteiger partial charge in [-0.3, -0.25) is 0 Å². The predicted octanol–water partition coefficient (Wildman–Crippen LogP) is 0.874. The quantitative estimate of drug-likeness (QED) is 0.266. The van der Waals surface area contributed by atoms with Crippen LogP contribution in [0.4, 0.5) is 0 Å². The van der Waals surface area contributed by atoms with Crippen LogP contribution >= 0.6 is 0 Å². The molecule has 0 spiro atoms. The second kappa shape index (κ2) is 6.84. The first-order valence-corrected chi connectivity index (χ1v) is 3.42. The number of hydrogen-bond donors (Lipinski definition) is 1. The molecule has 0 heterocycles. The van der Waals surface area contributed by atoms with Gasteiger partial charge in [-0.2, -0.15) is 0 Å². The SMILES string of the molecule is [B]C/C=C\CCOC(C)O. The highest BCUT2D eigenvalue weighted by Gasteiger charge is 1.90. The number of ether oxygens (including phenoxy) is 1. The molecule has 0 rings (SSSR count). The highest BCUT2D eigenvalue weighted by molar-refractivity contribution is 6.09. The Morgan fingerprint density at radius 2 is 2.30 bits per heavy atom. The largest absolute Gasteiger partial charge is 0.368 e. The van der Waals surface area contributed by atoms with Gasteiger partial charge in [0.15, 0.2) is 6.29 Å². The third-order valence-electron chi connectivity index (χ3n) is 0.946. The molecule has 1 atom stereocenters. The molecule has 0 fully saturated rings. The molecule has 1 unspecified atom stereocenters. The van der Waals surface area contributed by atoms with Crippen molar-refractivity contribution < 1.29 is 9.84 Å². The van der Waals surface area contributed by atoms with Gasteiger partial charge < -0.3 is 9.84 Å². The van der Waals surface area contributed by atoms with E-state index in [2.05, 4.69) is 0 Å². The highest BCUT2D eigenvalue weighted by Crippen LogP contribution is 1.89. The molecule has 0 aliphatic heterocycles. The van der Waals surface area contributed by atoms with Gasteiger partial charge in [-0.05, 0) is 13.3 Å². The summed E-state index contributed by atoms with van der Waals surface area (Å²) in [5.41, 5.74) is 0. The maximum absolute atomic E-state index is 8.64. The second-order valence-electron chi connectivity index (χ2n) is 1.97. The lowest BCUT2D eigenvalue weighted by molar-refractivity contribution is -0.0833. The zero-order valence-corrected chi connectivity index (χ0v) is 6.29. The van der Waals surface area contributed by atoms with Crippen LogP contribution in [0, 0.1) is 0 Å². The van der Waals surface area contributed by atoms with Crippen molar-refractivity contribution in [1.82, 2.24) is 0 Å². The van der Waals surface area contributed by atoms with Crippen molar-refractivity contribution in [2.45, 2.75) is 26.0 Å². The molecule has 56 valence electrons. The van der Waals surface area contributed by atoms with Gasteiger partial charge in [0.1, 0.15) is 0 Å². The normalized spacial score (nSPS) is 14.2. The molecule has 2 nitrogen and oxygen atoms in total. The van der Waals surface area contributed by atoms with Crippen LogP contribution in [-0.4, -0.2) is 25.8 Å². The van der Waals surface area contributed by atoms with E-state index >= 15 is 0 Å². The summed E-state index contributed by atoms with van der Waals surface area (Å²) in [5.74, 6) is 0. The Labute approximate surface area is 63.3 Å². The van der Waals surface area contributed by atoms with E-state index in [1.54, 1.807) is 6.92 Å². The molecule has 0 aromatic rings. The maximum atomic E-state index is 8.64. The number of rotatable bonds is 5. The number of aliphatic hydroxyl groups excluding tert-OH is 1. The summed E-state index contributed by atoms with van der Waals surface area (Å²) < 4.78 is 4.85. The molecule has 1 N–H and O–H groups in total. The molecule has 3 heteroatoms. The Kier molecular flexibility index (Phi) is 6.65. The van der Waals surface area contributed by atoms with Gasteiger partial charge in [-0.15, -0.1) is 0 Å². The third kappa shape index (κ3) is 7.72. The van der Waals surface area contributed by atoms with Crippen LogP contribution in [0.25, 0.3) is 0 Å². The molecule has 2 radical (unpaired) electrons. The van der Waals surface area contributed by atoms with E-state index in [9.17, 15) is 0 Å². The summed E-state index contributed by atoms with van der Waals surface area (Å²) >= 11 is 0. The van der Waals surface area contributed by atoms with Crippen LogP contribution in [0.1, 0.15) is 13.3 Å². The van der Waals surface area contributed by atoms with E-state index in [4.69, 9.17) is 17.7 Å². The first-order chi connectivity index (χ1) is 4.77. The molecule has 0 aliphatic carbocycles. The molecule has 0 aromatic carbocycles. The minimum atomic E-state index is -0.661. The van der Waals surface area contributed by atoms with Crippen molar-refractivity contribution >= 4 is 7.85 Å². The second-order valence-corrected chi connectivity index (χ2v) is 1.97. The van der Waals surface area contributed by atoms with Gasteiger partial charge in [0.2, 0.25) is 0 Å². The maximum Gasteiger partial charge on any atom is 0.151 e. The van der Waals surface area contributed by atoms with Crippen LogP contribution in [-0.2, 0) is 4.74 Å². The van der Waals surface area contributed by atoms with Crippen molar-refractivity contribution in [3.63, 3.8) is 0 Å². The molecule has 0 aliphatic rings. The zero-order chi connectivity index (χ0) is 7.82. The first-order valence-electron chi connectivity index (χ1n) is 3.42. The Morgan fingerprint density at radius 3 is 2.80 bits per heavy atom. The molecular weight excluding hydrogens is 127 g/mol. The average molecular weight is 140 g/mol. The fourth-order valence-corrected chi connectivity index (χ4v) is 0.521. The Balaban J connectivity index is 2.97. The van der Waals surface area contributed by atoms with E-state index < -0.39 is 6.29 Å². The van der Waals surface area contributed by atoms with Gasteiger partial charge in [0, 0.05) is 0 Å². The van der Waals surface area contributed by atoms with Crippen molar-refractivity contribution in [3.8, 4) is 0 Å². The van der Waals surface area contributed by atoms with Crippen LogP contribution in [0.3, 0.4) is 0 Å². The van der Waals surface area contributed by atoms with Crippen LogP contribution in [0.15, 0.2) is 12.2 Å². The molecule has 0 amide bonds. The van der Waals surface area contributed by atoms with Crippen molar-refractivity contribution in [3.05, 3.63) is 12.2 Å². The lowest BCUT2D eigenvalue weighted by Crippen LogP contribution is -2.06. The van der Waals surface area contributed by atoms with Gasteiger partial charge in [0.05, 0.1) is 14.5 Å². The van der Waals surface area contributed by atoms with E-state index in [1.165, 1.54) is 0 Å². The Hall–Kier alpha value is -0.275. The lowest BCUT2D eigenvalue weighted by atomic mass is 10.1. The first kappa shape index (κ1) is 9.72. The molecule has 0 saturated heterocycles. The predicted molar refractivity (Wildman–Crippen MR) is 42.0 cm³/mol. The van der Waals surface area contributed by atoms with E-state index in [-0.39, 0.29) is 0 Å². The average Bonchev–Trinajstić information content (AvgIpc) is 1.87. The smallest absolute Gasteiger partial charge is 0.151 e. The van der Waals surface area contributed by atoms with E-state index in [0.29, 0.717) is 12.9 Å². The summed E-state index contributed by atoms with van der Waals surface area (Å²) in [6.45, 7) is 2.14. The van der Waals surface area contributed by atoms with Gasteiger partial charge in [-0.1, -0.05) is 18.5 Å².